The van der Waals surface area contributed by atoms with Crippen LogP contribution in [0.25, 0.3) is 17.2 Å². The molecule has 7 heteroatoms. The van der Waals surface area contributed by atoms with Gasteiger partial charge in [0.15, 0.2) is 0 Å². The molecule has 3 aromatic rings. The molecule has 0 bridgehead atoms. The number of halogens is 3. The maximum Gasteiger partial charge on any atom is 0.573 e. The second kappa shape index (κ2) is 10.0. The van der Waals surface area contributed by atoms with Crippen LogP contribution in [0, 0.1) is 0 Å². The van der Waals surface area contributed by atoms with Crippen molar-refractivity contribution in [3.8, 4) is 22.6 Å². The van der Waals surface area contributed by atoms with E-state index in [0.29, 0.717) is 29.0 Å². The molecule has 3 rings (SSSR count). The Morgan fingerprint density at radius 1 is 0.912 bits per heavy atom. The summed E-state index contributed by atoms with van der Waals surface area (Å²) >= 11 is 0. The van der Waals surface area contributed by atoms with Crippen molar-refractivity contribution in [2.24, 2.45) is 0 Å². The van der Waals surface area contributed by atoms with Gasteiger partial charge in [-0.3, -0.25) is 0 Å². The molecule has 0 heterocycles. The summed E-state index contributed by atoms with van der Waals surface area (Å²) in [6, 6.07) is 18.7. The quantitative estimate of drug-likeness (QED) is 0.370. The summed E-state index contributed by atoms with van der Waals surface area (Å²) in [7, 11) is 0. The maximum atomic E-state index is 12.4. The van der Waals surface area contributed by atoms with Crippen LogP contribution in [0.5, 0.6) is 11.5 Å². The highest BCUT2D eigenvalue weighted by Gasteiger charge is 2.31. The molecule has 4 nitrogen and oxygen atoms in total. The topological polar surface area (TPSA) is 55.8 Å². The Morgan fingerprint density at radius 2 is 1.53 bits per heavy atom. The van der Waals surface area contributed by atoms with Crippen molar-refractivity contribution >= 4 is 12.0 Å². The van der Waals surface area contributed by atoms with Gasteiger partial charge in [0.1, 0.15) is 18.1 Å². The molecule has 0 spiro atoms. The summed E-state index contributed by atoms with van der Waals surface area (Å²) < 4.78 is 47.0. The van der Waals surface area contributed by atoms with Crippen LogP contribution in [0.3, 0.4) is 0 Å². The lowest BCUT2D eigenvalue weighted by Crippen LogP contribution is -2.16. The molecule has 0 aromatic heterocycles. The van der Waals surface area contributed by atoms with E-state index in [-0.39, 0.29) is 11.2 Å². The third-order valence-corrected chi connectivity index (χ3v) is 5.05. The Morgan fingerprint density at radius 3 is 2.09 bits per heavy atom. The average molecular weight is 470 g/mol. The lowest BCUT2D eigenvalue weighted by Gasteiger charge is -2.19. The van der Waals surface area contributed by atoms with E-state index in [1.807, 2.05) is 12.1 Å². The molecule has 0 aliphatic heterocycles. The first-order valence-corrected chi connectivity index (χ1v) is 10.5. The van der Waals surface area contributed by atoms with Gasteiger partial charge in [0.25, 0.3) is 0 Å². The molecule has 0 aliphatic carbocycles. The van der Waals surface area contributed by atoms with Crippen LogP contribution < -0.4 is 9.47 Å². The molecule has 178 valence electrons. The van der Waals surface area contributed by atoms with Crippen molar-refractivity contribution in [1.82, 2.24) is 0 Å². The number of alkyl halides is 3. The number of ether oxygens (including phenoxy) is 2. The molecule has 3 aromatic carbocycles. The van der Waals surface area contributed by atoms with Crippen molar-refractivity contribution in [3.63, 3.8) is 0 Å². The minimum absolute atomic E-state index is 0.0427. The van der Waals surface area contributed by atoms with Gasteiger partial charge in [0.05, 0.1) is 0 Å². The molecule has 0 fully saturated rings. The van der Waals surface area contributed by atoms with Crippen LogP contribution in [-0.2, 0) is 16.8 Å². The molecule has 0 atom stereocenters. The van der Waals surface area contributed by atoms with Gasteiger partial charge < -0.3 is 14.6 Å². The standard InChI is InChI=1S/C27H25F3O4/c1-26(2,3)22-10-4-18(5-11-22)17-33-24-14-8-20(16-21(24)9-15-25(31)32)19-6-12-23(13-7-19)34-27(28,29)30/h4-16H,17H2,1-3H3,(H,31,32)/b15-9-. The molecule has 34 heavy (non-hydrogen) atoms. The second-order valence-corrected chi connectivity index (χ2v) is 8.73. The van der Waals surface area contributed by atoms with E-state index in [1.54, 1.807) is 18.2 Å². The summed E-state index contributed by atoms with van der Waals surface area (Å²) in [5.41, 5.74) is 4.07. The number of carboxylic acid groups (broad SMARTS) is 1. The number of rotatable bonds is 7. The summed E-state index contributed by atoms with van der Waals surface area (Å²) in [6.45, 7) is 6.70. The fraction of sp³-hybridized carbons (Fsp3) is 0.222. The minimum atomic E-state index is -4.76. The van der Waals surface area contributed by atoms with Gasteiger partial charge in [0, 0.05) is 11.6 Å². The Labute approximate surface area is 196 Å². The Hall–Kier alpha value is -3.74. The Kier molecular flexibility index (Phi) is 7.35. The van der Waals surface area contributed by atoms with Crippen molar-refractivity contribution < 1.29 is 32.5 Å². The third kappa shape index (κ3) is 7.13. The lowest BCUT2D eigenvalue weighted by molar-refractivity contribution is -0.274. The summed E-state index contributed by atoms with van der Waals surface area (Å²) in [4.78, 5) is 11.0. The van der Waals surface area contributed by atoms with Gasteiger partial charge in [-0.25, -0.2) is 4.79 Å². The molecule has 0 radical (unpaired) electrons. The van der Waals surface area contributed by atoms with E-state index in [4.69, 9.17) is 9.84 Å². The van der Waals surface area contributed by atoms with Crippen molar-refractivity contribution in [2.45, 2.75) is 39.2 Å². The minimum Gasteiger partial charge on any atom is -0.488 e. The smallest absolute Gasteiger partial charge is 0.488 e. The zero-order chi connectivity index (χ0) is 24.9. The summed E-state index contributed by atoms with van der Waals surface area (Å²) in [5.74, 6) is -0.944. The molecule has 0 saturated heterocycles. The largest absolute Gasteiger partial charge is 0.573 e. The fourth-order valence-electron chi connectivity index (χ4n) is 3.26. The number of hydrogen-bond donors (Lipinski definition) is 1. The van der Waals surface area contributed by atoms with Gasteiger partial charge in [-0.2, -0.15) is 0 Å². The van der Waals surface area contributed by atoms with E-state index in [0.717, 1.165) is 11.6 Å². The highest BCUT2D eigenvalue weighted by atomic mass is 19.4. The van der Waals surface area contributed by atoms with Crippen LogP contribution in [-0.4, -0.2) is 17.4 Å². The predicted octanol–water partition coefficient (Wildman–Crippen LogP) is 7.23. The van der Waals surface area contributed by atoms with Gasteiger partial charge >= 0.3 is 12.3 Å². The van der Waals surface area contributed by atoms with Crippen LogP contribution >= 0.6 is 0 Å². The van der Waals surface area contributed by atoms with Crippen LogP contribution in [0.2, 0.25) is 0 Å². The highest BCUT2D eigenvalue weighted by molar-refractivity contribution is 5.86. The van der Waals surface area contributed by atoms with Gasteiger partial charge in [0.2, 0.25) is 0 Å². The first-order chi connectivity index (χ1) is 15.9. The van der Waals surface area contributed by atoms with Gasteiger partial charge in [-0.1, -0.05) is 63.2 Å². The van der Waals surface area contributed by atoms with E-state index >= 15 is 0 Å². The molecule has 0 amide bonds. The monoisotopic (exact) mass is 470 g/mol. The summed E-state index contributed by atoms with van der Waals surface area (Å²) in [6.07, 6.45) is -2.34. The first-order valence-electron chi connectivity index (χ1n) is 10.5. The normalized spacial score (nSPS) is 12.1. The van der Waals surface area contributed by atoms with Crippen molar-refractivity contribution in [1.29, 1.82) is 0 Å². The number of benzene rings is 3. The number of carbonyl (C=O) groups is 1. The van der Waals surface area contributed by atoms with Gasteiger partial charge in [-0.05, 0) is 58.0 Å². The zero-order valence-electron chi connectivity index (χ0n) is 19.0. The summed E-state index contributed by atoms with van der Waals surface area (Å²) in [5, 5.41) is 9.04. The van der Waals surface area contributed by atoms with E-state index in [2.05, 4.69) is 37.6 Å². The van der Waals surface area contributed by atoms with E-state index in [1.165, 1.54) is 35.9 Å². The third-order valence-electron chi connectivity index (χ3n) is 5.05. The lowest BCUT2D eigenvalue weighted by atomic mass is 9.87. The zero-order valence-corrected chi connectivity index (χ0v) is 19.0. The number of hydrogen-bond acceptors (Lipinski definition) is 3. The van der Waals surface area contributed by atoms with Crippen molar-refractivity contribution in [3.05, 3.63) is 89.5 Å². The second-order valence-electron chi connectivity index (χ2n) is 8.73. The average Bonchev–Trinajstić information content (AvgIpc) is 2.75. The molecule has 0 aliphatic rings. The first kappa shape index (κ1) is 24.9. The van der Waals surface area contributed by atoms with Crippen LogP contribution in [0.15, 0.2) is 72.8 Å². The van der Waals surface area contributed by atoms with Crippen LogP contribution in [0.4, 0.5) is 13.2 Å². The fourth-order valence-corrected chi connectivity index (χ4v) is 3.26. The number of aliphatic carboxylic acids is 1. The maximum absolute atomic E-state index is 12.4. The molecular formula is C27H25F3O4. The van der Waals surface area contributed by atoms with E-state index in [9.17, 15) is 18.0 Å². The molecule has 0 unspecified atom stereocenters. The van der Waals surface area contributed by atoms with E-state index < -0.39 is 12.3 Å². The van der Waals surface area contributed by atoms with Crippen LogP contribution in [0.1, 0.15) is 37.5 Å². The Bertz CT molecular complexity index is 1160. The Balaban J connectivity index is 1.82. The van der Waals surface area contributed by atoms with Crippen molar-refractivity contribution in [2.75, 3.05) is 0 Å². The molecule has 0 saturated carbocycles. The predicted molar refractivity (Wildman–Crippen MR) is 125 cm³/mol. The molecular weight excluding hydrogens is 445 g/mol. The SMILES string of the molecule is CC(C)(C)c1ccc(COc2ccc(-c3ccc(OC(F)(F)F)cc3)cc2/C=C\C(=O)O)cc1. The highest BCUT2D eigenvalue weighted by Crippen LogP contribution is 2.31. The van der Waals surface area contributed by atoms with Gasteiger partial charge in [-0.15, -0.1) is 13.2 Å². The molecule has 1 N–H and O–H groups in total. The number of carboxylic acids is 1.